The van der Waals surface area contributed by atoms with E-state index in [1.807, 2.05) is 25.1 Å². The number of para-hydroxylation sites is 1. The van der Waals surface area contributed by atoms with Crippen LogP contribution in [-0.2, 0) is 9.63 Å². The highest BCUT2D eigenvalue weighted by molar-refractivity contribution is 5.97. The standard InChI is InChI=1S/C16H17N3O3/c1-11-6-3-4-8-14(11)21-12(2)16(20)22-19-15(17)13-7-5-9-18-10-13/h3-10,12H,1-2H3,(H2,17,19)/t12-/m0/s1. The number of nitrogens with zero attached hydrogens (tertiary/aromatic N) is 2. The third kappa shape index (κ3) is 4.05. The van der Waals surface area contributed by atoms with Gasteiger partial charge in [-0.1, -0.05) is 23.4 Å². The number of benzene rings is 1. The number of amidine groups is 1. The topological polar surface area (TPSA) is 86.8 Å². The quantitative estimate of drug-likeness (QED) is 0.395. The monoisotopic (exact) mass is 299 g/mol. The first-order chi connectivity index (χ1) is 10.6. The van der Waals surface area contributed by atoms with Crippen LogP contribution < -0.4 is 10.5 Å². The van der Waals surface area contributed by atoms with E-state index in [-0.39, 0.29) is 5.84 Å². The molecule has 0 spiro atoms. The molecule has 2 aromatic rings. The maximum Gasteiger partial charge on any atom is 0.374 e. The smallest absolute Gasteiger partial charge is 0.374 e. The Morgan fingerprint density at radius 1 is 1.27 bits per heavy atom. The molecule has 1 atom stereocenters. The van der Waals surface area contributed by atoms with Crippen molar-refractivity contribution in [2.45, 2.75) is 20.0 Å². The van der Waals surface area contributed by atoms with E-state index in [9.17, 15) is 4.79 Å². The number of pyridine rings is 1. The van der Waals surface area contributed by atoms with Crippen molar-refractivity contribution in [3.05, 3.63) is 59.9 Å². The zero-order valence-electron chi connectivity index (χ0n) is 12.4. The van der Waals surface area contributed by atoms with Gasteiger partial charge in [0.2, 0.25) is 0 Å². The van der Waals surface area contributed by atoms with E-state index in [1.165, 1.54) is 6.20 Å². The lowest BCUT2D eigenvalue weighted by molar-refractivity contribution is -0.151. The van der Waals surface area contributed by atoms with Crippen molar-refractivity contribution in [2.24, 2.45) is 10.9 Å². The molecule has 1 heterocycles. The highest BCUT2D eigenvalue weighted by Gasteiger charge is 2.18. The lowest BCUT2D eigenvalue weighted by Crippen LogP contribution is -2.26. The molecule has 6 heteroatoms. The van der Waals surface area contributed by atoms with E-state index in [4.69, 9.17) is 15.3 Å². The van der Waals surface area contributed by atoms with Crippen LogP contribution >= 0.6 is 0 Å². The lowest BCUT2D eigenvalue weighted by atomic mass is 10.2. The molecular weight excluding hydrogens is 282 g/mol. The maximum atomic E-state index is 11.9. The third-order valence-electron chi connectivity index (χ3n) is 2.92. The molecule has 0 saturated carbocycles. The lowest BCUT2D eigenvalue weighted by Gasteiger charge is -2.13. The minimum atomic E-state index is -0.799. The van der Waals surface area contributed by atoms with Crippen LogP contribution in [0.25, 0.3) is 0 Å². The molecule has 0 unspecified atom stereocenters. The van der Waals surface area contributed by atoms with Crippen molar-refractivity contribution in [1.82, 2.24) is 4.98 Å². The first-order valence-electron chi connectivity index (χ1n) is 6.75. The van der Waals surface area contributed by atoms with Crippen LogP contribution in [0.15, 0.2) is 53.9 Å². The van der Waals surface area contributed by atoms with Crippen LogP contribution in [-0.4, -0.2) is 22.9 Å². The summed E-state index contributed by atoms with van der Waals surface area (Å²) in [5, 5.41) is 3.60. The Kier molecular flexibility index (Phi) is 5.08. The Bertz CT molecular complexity index is 671. The van der Waals surface area contributed by atoms with Crippen molar-refractivity contribution < 1.29 is 14.4 Å². The van der Waals surface area contributed by atoms with E-state index in [2.05, 4.69) is 10.1 Å². The summed E-state index contributed by atoms with van der Waals surface area (Å²) in [6.45, 7) is 3.48. The molecule has 114 valence electrons. The third-order valence-corrected chi connectivity index (χ3v) is 2.92. The van der Waals surface area contributed by atoms with E-state index in [0.29, 0.717) is 11.3 Å². The molecule has 6 nitrogen and oxygen atoms in total. The average molecular weight is 299 g/mol. The van der Waals surface area contributed by atoms with E-state index in [0.717, 1.165) is 5.56 Å². The van der Waals surface area contributed by atoms with Crippen molar-refractivity contribution in [2.75, 3.05) is 0 Å². The second-order valence-corrected chi connectivity index (χ2v) is 4.65. The molecule has 2 rings (SSSR count). The fraction of sp³-hybridized carbons (Fsp3) is 0.188. The van der Waals surface area contributed by atoms with Gasteiger partial charge in [-0.15, -0.1) is 0 Å². The molecule has 0 radical (unpaired) electrons. The molecule has 0 bridgehead atoms. The molecule has 22 heavy (non-hydrogen) atoms. The molecule has 0 amide bonds. The molecule has 0 saturated heterocycles. The van der Waals surface area contributed by atoms with Crippen LogP contribution in [0.2, 0.25) is 0 Å². The number of carbonyl (C=O) groups is 1. The van der Waals surface area contributed by atoms with Gasteiger partial charge in [-0.25, -0.2) is 4.79 Å². The van der Waals surface area contributed by atoms with Gasteiger partial charge in [0.25, 0.3) is 0 Å². The summed E-state index contributed by atoms with van der Waals surface area (Å²) in [5.74, 6) is 0.0656. The SMILES string of the molecule is Cc1ccccc1O[C@@H](C)C(=O)O/N=C(/N)c1cccnc1. The number of aromatic nitrogens is 1. The largest absolute Gasteiger partial charge is 0.479 e. The van der Waals surface area contributed by atoms with Crippen molar-refractivity contribution in [3.63, 3.8) is 0 Å². The Hall–Kier alpha value is -2.89. The first-order valence-corrected chi connectivity index (χ1v) is 6.75. The van der Waals surface area contributed by atoms with Gasteiger partial charge in [0, 0.05) is 18.0 Å². The minimum absolute atomic E-state index is 0.0736. The predicted molar refractivity (Wildman–Crippen MR) is 82.3 cm³/mol. The Labute approximate surface area is 128 Å². The molecule has 0 aliphatic carbocycles. The van der Waals surface area contributed by atoms with Crippen LogP contribution in [0.1, 0.15) is 18.1 Å². The summed E-state index contributed by atoms with van der Waals surface area (Å²) in [4.78, 5) is 20.6. The molecule has 1 aromatic heterocycles. The summed E-state index contributed by atoms with van der Waals surface area (Å²) < 4.78 is 5.55. The average Bonchev–Trinajstić information content (AvgIpc) is 2.55. The summed E-state index contributed by atoms with van der Waals surface area (Å²) in [7, 11) is 0. The zero-order valence-corrected chi connectivity index (χ0v) is 12.4. The van der Waals surface area contributed by atoms with Gasteiger partial charge in [0.05, 0.1) is 0 Å². The Morgan fingerprint density at radius 3 is 2.73 bits per heavy atom. The second kappa shape index (κ2) is 7.21. The van der Waals surface area contributed by atoms with Crippen molar-refractivity contribution >= 4 is 11.8 Å². The maximum absolute atomic E-state index is 11.9. The summed E-state index contributed by atoms with van der Waals surface area (Å²) >= 11 is 0. The fourth-order valence-corrected chi connectivity index (χ4v) is 1.66. The summed E-state index contributed by atoms with van der Waals surface area (Å²) in [5.41, 5.74) is 7.22. The van der Waals surface area contributed by atoms with E-state index in [1.54, 1.807) is 31.3 Å². The number of ether oxygens (including phenoxy) is 1. The minimum Gasteiger partial charge on any atom is -0.479 e. The number of nitrogens with two attached hydrogens (primary N) is 1. The van der Waals surface area contributed by atoms with Crippen LogP contribution in [0.5, 0.6) is 5.75 Å². The van der Waals surface area contributed by atoms with Gasteiger partial charge in [0.1, 0.15) is 5.75 Å². The number of oxime groups is 1. The van der Waals surface area contributed by atoms with E-state index < -0.39 is 12.1 Å². The van der Waals surface area contributed by atoms with Gasteiger partial charge in [-0.2, -0.15) is 0 Å². The number of carbonyl (C=O) groups excluding carboxylic acids is 1. The van der Waals surface area contributed by atoms with Crippen LogP contribution in [0, 0.1) is 6.92 Å². The molecule has 2 N–H and O–H groups in total. The second-order valence-electron chi connectivity index (χ2n) is 4.65. The highest BCUT2D eigenvalue weighted by atomic mass is 16.7. The van der Waals surface area contributed by atoms with Crippen LogP contribution in [0.3, 0.4) is 0 Å². The Morgan fingerprint density at radius 2 is 2.05 bits per heavy atom. The Balaban J connectivity index is 1.96. The van der Waals surface area contributed by atoms with Gasteiger partial charge < -0.3 is 15.3 Å². The normalized spacial score (nSPS) is 12.5. The number of hydrogen-bond donors (Lipinski definition) is 1. The number of hydrogen-bond acceptors (Lipinski definition) is 5. The molecular formula is C16H17N3O3. The van der Waals surface area contributed by atoms with Gasteiger partial charge in [-0.3, -0.25) is 4.98 Å². The molecule has 0 aliphatic rings. The fourth-order valence-electron chi connectivity index (χ4n) is 1.66. The molecule has 0 aliphatic heterocycles. The highest BCUT2D eigenvalue weighted by Crippen LogP contribution is 2.18. The van der Waals surface area contributed by atoms with Gasteiger partial charge >= 0.3 is 5.97 Å². The summed E-state index contributed by atoms with van der Waals surface area (Å²) in [6.07, 6.45) is 2.34. The molecule has 1 aromatic carbocycles. The van der Waals surface area contributed by atoms with Crippen LogP contribution in [0.4, 0.5) is 0 Å². The number of rotatable bonds is 5. The molecule has 0 fully saturated rings. The zero-order chi connectivity index (χ0) is 15.9. The van der Waals surface area contributed by atoms with Crippen molar-refractivity contribution in [1.29, 1.82) is 0 Å². The summed E-state index contributed by atoms with van der Waals surface area (Å²) in [6, 6.07) is 10.8. The van der Waals surface area contributed by atoms with E-state index >= 15 is 0 Å². The van der Waals surface area contributed by atoms with Gasteiger partial charge in [0.15, 0.2) is 11.9 Å². The first kappa shape index (κ1) is 15.5. The van der Waals surface area contributed by atoms with Gasteiger partial charge in [-0.05, 0) is 37.6 Å². The number of aryl methyl sites for hydroxylation is 1. The predicted octanol–water partition coefficient (Wildman–Crippen LogP) is 2.02. The van der Waals surface area contributed by atoms with Crippen molar-refractivity contribution in [3.8, 4) is 5.75 Å².